The molecule has 0 bridgehead atoms. The number of carbonyl (C=O) groups excluding carboxylic acids is 1. The van der Waals surface area contributed by atoms with E-state index in [-0.39, 0.29) is 11.6 Å². The standard InChI is InChI=1S/C11H7FN4O2S/c1-18-10(17)8-13-14-11-16(8)15-9(19-11)6-3-2-4-7(12)5-6/h2-5H,1H3. The largest absolute Gasteiger partial charge is 0.463 e. The van der Waals surface area contributed by atoms with Gasteiger partial charge in [0.1, 0.15) is 10.8 Å². The van der Waals surface area contributed by atoms with Crippen LogP contribution in [-0.2, 0) is 4.74 Å². The monoisotopic (exact) mass is 278 g/mol. The Morgan fingerprint density at radius 1 is 1.42 bits per heavy atom. The lowest BCUT2D eigenvalue weighted by Gasteiger charge is -1.95. The average Bonchev–Trinajstić information content (AvgIpc) is 2.97. The molecule has 96 valence electrons. The van der Waals surface area contributed by atoms with Crippen LogP contribution in [0.15, 0.2) is 24.3 Å². The number of rotatable bonds is 2. The molecule has 6 nitrogen and oxygen atoms in total. The Balaban J connectivity index is 2.12. The molecule has 0 spiro atoms. The number of nitrogens with zero attached hydrogens (tertiary/aromatic N) is 4. The third-order valence-electron chi connectivity index (χ3n) is 2.43. The van der Waals surface area contributed by atoms with Gasteiger partial charge in [-0.15, -0.1) is 10.2 Å². The highest BCUT2D eigenvalue weighted by Crippen LogP contribution is 2.25. The maximum absolute atomic E-state index is 13.2. The van der Waals surface area contributed by atoms with E-state index in [2.05, 4.69) is 20.0 Å². The fraction of sp³-hybridized carbons (Fsp3) is 0.0909. The minimum Gasteiger partial charge on any atom is -0.463 e. The SMILES string of the molecule is COC(=O)c1nnc2sc(-c3cccc(F)c3)nn12. The zero-order valence-corrected chi connectivity index (χ0v) is 10.5. The fourth-order valence-corrected chi connectivity index (χ4v) is 2.41. The predicted molar refractivity (Wildman–Crippen MR) is 65.4 cm³/mol. The molecule has 3 rings (SSSR count). The summed E-state index contributed by atoms with van der Waals surface area (Å²) in [5.74, 6) is -0.975. The number of hydrogen-bond acceptors (Lipinski definition) is 6. The van der Waals surface area contributed by atoms with Crippen molar-refractivity contribution in [2.24, 2.45) is 0 Å². The lowest BCUT2D eigenvalue weighted by Crippen LogP contribution is -2.07. The number of ether oxygens (including phenoxy) is 1. The second kappa shape index (κ2) is 4.39. The van der Waals surface area contributed by atoms with E-state index in [1.165, 1.54) is 35.1 Å². The van der Waals surface area contributed by atoms with Gasteiger partial charge in [0.25, 0.3) is 5.82 Å². The first-order valence-electron chi connectivity index (χ1n) is 5.25. The molecule has 0 aliphatic heterocycles. The molecule has 0 saturated carbocycles. The minimum atomic E-state index is -0.622. The highest BCUT2D eigenvalue weighted by molar-refractivity contribution is 7.19. The molecule has 3 aromatic rings. The van der Waals surface area contributed by atoms with Crippen LogP contribution in [0, 0.1) is 5.82 Å². The van der Waals surface area contributed by atoms with Gasteiger partial charge in [0.15, 0.2) is 0 Å². The molecule has 0 unspecified atom stereocenters. The number of fused-ring (bicyclic) bond motifs is 1. The molecule has 0 saturated heterocycles. The topological polar surface area (TPSA) is 69.4 Å². The summed E-state index contributed by atoms with van der Waals surface area (Å²) < 4.78 is 19.0. The van der Waals surface area contributed by atoms with Gasteiger partial charge in [0, 0.05) is 5.56 Å². The van der Waals surface area contributed by atoms with Crippen molar-refractivity contribution in [1.82, 2.24) is 19.8 Å². The number of halogens is 1. The van der Waals surface area contributed by atoms with Crippen molar-refractivity contribution < 1.29 is 13.9 Å². The van der Waals surface area contributed by atoms with Crippen molar-refractivity contribution in [3.8, 4) is 10.6 Å². The number of hydrogen-bond donors (Lipinski definition) is 0. The second-order valence-corrected chi connectivity index (χ2v) is 4.58. The summed E-state index contributed by atoms with van der Waals surface area (Å²) in [6, 6.07) is 6.04. The third kappa shape index (κ3) is 1.95. The molecular weight excluding hydrogens is 271 g/mol. The average molecular weight is 278 g/mol. The van der Waals surface area contributed by atoms with E-state index < -0.39 is 5.97 Å². The quantitative estimate of drug-likeness (QED) is 0.668. The lowest BCUT2D eigenvalue weighted by atomic mass is 10.2. The Hall–Kier alpha value is -2.35. The predicted octanol–water partition coefficient (Wildman–Crippen LogP) is 1.78. The molecule has 0 fully saturated rings. The number of aromatic nitrogens is 4. The summed E-state index contributed by atoms with van der Waals surface area (Å²) >= 11 is 1.21. The van der Waals surface area contributed by atoms with Crippen LogP contribution in [0.1, 0.15) is 10.6 Å². The highest BCUT2D eigenvalue weighted by Gasteiger charge is 2.19. The summed E-state index contributed by atoms with van der Waals surface area (Å²) in [7, 11) is 1.25. The summed E-state index contributed by atoms with van der Waals surface area (Å²) in [5.41, 5.74) is 0.617. The van der Waals surface area contributed by atoms with E-state index in [4.69, 9.17) is 0 Å². The van der Waals surface area contributed by atoms with Crippen LogP contribution in [0.2, 0.25) is 0 Å². The molecule has 0 radical (unpaired) electrons. The van der Waals surface area contributed by atoms with Crippen LogP contribution in [-0.4, -0.2) is 32.9 Å². The first-order chi connectivity index (χ1) is 9.19. The van der Waals surface area contributed by atoms with Gasteiger partial charge in [-0.05, 0) is 12.1 Å². The fourth-order valence-electron chi connectivity index (χ4n) is 1.57. The Labute approximate surface area is 110 Å². The van der Waals surface area contributed by atoms with Gasteiger partial charge < -0.3 is 4.74 Å². The molecule has 1 aromatic carbocycles. The zero-order chi connectivity index (χ0) is 13.4. The Kier molecular flexibility index (Phi) is 2.71. The number of benzene rings is 1. The van der Waals surface area contributed by atoms with Crippen molar-refractivity contribution in [1.29, 1.82) is 0 Å². The van der Waals surface area contributed by atoms with Crippen molar-refractivity contribution in [2.45, 2.75) is 0 Å². The maximum atomic E-state index is 13.2. The van der Waals surface area contributed by atoms with E-state index in [1.54, 1.807) is 12.1 Å². The molecule has 0 N–H and O–H groups in total. The summed E-state index contributed by atoms with van der Waals surface area (Å²) in [5, 5.41) is 12.3. The van der Waals surface area contributed by atoms with Crippen LogP contribution in [0.25, 0.3) is 15.5 Å². The van der Waals surface area contributed by atoms with Gasteiger partial charge in [-0.3, -0.25) is 0 Å². The van der Waals surface area contributed by atoms with E-state index in [0.717, 1.165) is 0 Å². The first-order valence-corrected chi connectivity index (χ1v) is 6.07. The van der Waals surface area contributed by atoms with E-state index in [1.807, 2.05) is 0 Å². The van der Waals surface area contributed by atoms with Gasteiger partial charge in [-0.2, -0.15) is 9.61 Å². The highest BCUT2D eigenvalue weighted by atomic mass is 32.1. The van der Waals surface area contributed by atoms with Gasteiger partial charge in [-0.1, -0.05) is 23.5 Å². The van der Waals surface area contributed by atoms with Crippen LogP contribution < -0.4 is 0 Å². The third-order valence-corrected chi connectivity index (χ3v) is 3.38. The Morgan fingerprint density at radius 3 is 3.00 bits per heavy atom. The summed E-state index contributed by atoms with van der Waals surface area (Å²) in [6.07, 6.45) is 0. The van der Waals surface area contributed by atoms with Crippen LogP contribution in [0.5, 0.6) is 0 Å². The Morgan fingerprint density at radius 2 is 2.26 bits per heavy atom. The number of esters is 1. The molecular formula is C11H7FN4O2S. The molecule has 2 aromatic heterocycles. The van der Waals surface area contributed by atoms with Crippen molar-refractivity contribution in [2.75, 3.05) is 7.11 Å². The summed E-state index contributed by atoms with van der Waals surface area (Å²) in [4.78, 5) is 11.9. The van der Waals surface area contributed by atoms with E-state index in [0.29, 0.717) is 15.5 Å². The molecule has 0 aliphatic carbocycles. The molecule has 0 atom stereocenters. The normalized spacial score (nSPS) is 10.8. The zero-order valence-electron chi connectivity index (χ0n) is 9.70. The van der Waals surface area contributed by atoms with E-state index >= 15 is 0 Å². The molecule has 0 amide bonds. The number of carbonyl (C=O) groups is 1. The smallest absolute Gasteiger partial charge is 0.378 e. The van der Waals surface area contributed by atoms with Crippen molar-refractivity contribution in [3.63, 3.8) is 0 Å². The molecule has 0 aliphatic rings. The molecule has 19 heavy (non-hydrogen) atoms. The van der Waals surface area contributed by atoms with Crippen LogP contribution >= 0.6 is 11.3 Å². The van der Waals surface area contributed by atoms with E-state index in [9.17, 15) is 9.18 Å². The van der Waals surface area contributed by atoms with Crippen molar-refractivity contribution in [3.05, 3.63) is 35.9 Å². The minimum absolute atomic E-state index is 0.00333. The maximum Gasteiger partial charge on any atom is 0.378 e. The van der Waals surface area contributed by atoms with Crippen molar-refractivity contribution >= 4 is 22.3 Å². The van der Waals surface area contributed by atoms with Gasteiger partial charge in [0.05, 0.1) is 7.11 Å². The van der Waals surface area contributed by atoms with Crippen LogP contribution in [0.4, 0.5) is 4.39 Å². The Bertz CT molecular complexity index is 767. The lowest BCUT2D eigenvalue weighted by molar-refractivity contribution is 0.0584. The molecule has 8 heteroatoms. The number of methoxy groups -OCH3 is 1. The summed E-state index contributed by atoms with van der Waals surface area (Å²) in [6.45, 7) is 0. The van der Waals surface area contributed by atoms with Crippen LogP contribution in [0.3, 0.4) is 0 Å². The van der Waals surface area contributed by atoms with Gasteiger partial charge in [-0.25, -0.2) is 9.18 Å². The first kappa shape index (κ1) is 11.7. The van der Waals surface area contributed by atoms with Gasteiger partial charge >= 0.3 is 5.97 Å². The second-order valence-electron chi connectivity index (χ2n) is 3.63. The molecule has 2 heterocycles. The van der Waals surface area contributed by atoms with Gasteiger partial charge in [0.2, 0.25) is 4.96 Å².